The molecule has 0 bridgehead atoms. The average Bonchev–Trinajstić information content (AvgIpc) is 3.58. The average molecular weight is 457 g/mol. The number of benzene rings is 1. The molecular weight excluding hydrogens is 428 g/mol. The van der Waals surface area contributed by atoms with Crippen LogP contribution in [0.5, 0.6) is 5.75 Å². The van der Waals surface area contributed by atoms with Gasteiger partial charge < -0.3 is 19.3 Å². The van der Waals surface area contributed by atoms with Crippen molar-refractivity contribution in [1.29, 1.82) is 0 Å². The van der Waals surface area contributed by atoms with Crippen LogP contribution in [0.1, 0.15) is 23.2 Å². The highest BCUT2D eigenvalue weighted by Crippen LogP contribution is 2.39. The fraction of sp³-hybridized carbons (Fsp3) is 0.500. The zero-order chi connectivity index (χ0) is 21.9. The van der Waals surface area contributed by atoms with Gasteiger partial charge in [-0.3, -0.25) is 14.8 Å². The predicted molar refractivity (Wildman–Crippen MR) is 125 cm³/mol. The maximum atomic E-state index is 12.8. The molecule has 0 saturated carbocycles. The van der Waals surface area contributed by atoms with Gasteiger partial charge in [-0.15, -0.1) is 0 Å². The minimum absolute atomic E-state index is 0.205. The Labute approximate surface area is 190 Å². The molecule has 2 aliphatic rings. The van der Waals surface area contributed by atoms with Crippen LogP contribution < -0.4 is 15.0 Å². The molecule has 32 heavy (non-hydrogen) atoms. The number of nitrogens with one attached hydrogen (secondary N) is 1. The van der Waals surface area contributed by atoms with Gasteiger partial charge >= 0.3 is 0 Å². The van der Waals surface area contributed by atoms with Gasteiger partial charge in [0.2, 0.25) is 0 Å². The summed E-state index contributed by atoms with van der Waals surface area (Å²) in [6.07, 6.45) is 5.96. The van der Waals surface area contributed by atoms with E-state index in [0.29, 0.717) is 29.7 Å². The van der Waals surface area contributed by atoms with Gasteiger partial charge in [0.05, 0.1) is 49.0 Å². The van der Waals surface area contributed by atoms with Crippen LogP contribution in [0, 0.1) is 0 Å². The molecule has 0 aliphatic carbocycles. The van der Waals surface area contributed by atoms with E-state index in [-0.39, 0.29) is 5.91 Å². The number of rotatable bonds is 7. The molecule has 10 heteroatoms. The third kappa shape index (κ3) is 4.43. The molecule has 0 unspecified atom stereocenters. The Morgan fingerprint density at radius 1 is 1.19 bits per heavy atom. The number of carbonyl (C=O) groups is 1. The van der Waals surface area contributed by atoms with Crippen molar-refractivity contribution >= 4 is 38.3 Å². The largest absolute Gasteiger partial charge is 0.494 e. The van der Waals surface area contributed by atoms with Crippen molar-refractivity contribution in [3.63, 3.8) is 0 Å². The minimum Gasteiger partial charge on any atom is -0.494 e. The summed E-state index contributed by atoms with van der Waals surface area (Å²) in [6, 6.07) is 3.99. The van der Waals surface area contributed by atoms with Crippen LogP contribution in [0.3, 0.4) is 0 Å². The number of hydrogen-bond donors (Lipinski definition) is 1. The number of hydrogen-bond acceptors (Lipinski definition) is 8. The van der Waals surface area contributed by atoms with Crippen LogP contribution in [0.15, 0.2) is 24.5 Å². The molecule has 3 aromatic rings. The Bertz CT molecular complexity index is 1080. The highest BCUT2D eigenvalue weighted by Gasteiger charge is 2.20. The van der Waals surface area contributed by atoms with Crippen molar-refractivity contribution in [3.05, 3.63) is 30.1 Å². The number of nitrogens with zero attached hydrogens (tertiary/aromatic N) is 5. The molecule has 9 nitrogen and oxygen atoms in total. The van der Waals surface area contributed by atoms with E-state index in [9.17, 15) is 4.79 Å². The number of morpholine rings is 1. The van der Waals surface area contributed by atoms with E-state index in [2.05, 4.69) is 31.3 Å². The first-order valence-corrected chi connectivity index (χ1v) is 11.9. The lowest BCUT2D eigenvalue weighted by Crippen LogP contribution is -2.36. The Balaban J connectivity index is 1.32. The Morgan fingerprint density at radius 2 is 2.00 bits per heavy atom. The lowest BCUT2D eigenvalue weighted by molar-refractivity contribution is 0.102. The van der Waals surface area contributed by atoms with Gasteiger partial charge in [-0.2, -0.15) is 5.10 Å². The molecule has 0 atom stereocenters. The number of likely N-dealkylation sites (tertiary alicyclic amines) is 1. The second kappa shape index (κ2) is 9.43. The first-order valence-electron chi connectivity index (χ1n) is 11.1. The standard InChI is InChI=1S/C22H28N6O3S/c1-30-18-5-4-17(27-10-12-31-13-11-27)20-19(18)24-22(32-20)25-21(29)16-14-23-28(15-16)9-8-26-6-2-3-7-26/h4-5,14-15H,2-3,6-13H2,1H3,(H,24,25,29). The van der Waals surface area contributed by atoms with Crippen LogP contribution in [0.4, 0.5) is 10.8 Å². The smallest absolute Gasteiger partial charge is 0.260 e. The second-order valence-electron chi connectivity index (χ2n) is 8.08. The zero-order valence-electron chi connectivity index (χ0n) is 18.2. The predicted octanol–water partition coefficient (Wildman–Crippen LogP) is 2.69. The van der Waals surface area contributed by atoms with Crippen molar-refractivity contribution in [2.75, 3.05) is 63.3 Å². The molecule has 2 aromatic heterocycles. The summed E-state index contributed by atoms with van der Waals surface area (Å²) < 4.78 is 13.8. The van der Waals surface area contributed by atoms with E-state index in [1.807, 2.05) is 10.7 Å². The fourth-order valence-electron chi connectivity index (χ4n) is 4.26. The molecule has 0 radical (unpaired) electrons. The van der Waals surface area contributed by atoms with Gasteiger partial charge in [0.15, 0.2) is 5.13 Å². The SMILES string of the molecule is COc1ccc(N2CCOCC2)c2sc(NC(=O)c3cnn(CCN4CCCC4)c3)nc12. The molecular formula is C22H28N6O3S. The van der Waals surface area contributed by atoms with Gasteiger partial charge in [-0.05, 0) is 38.1 Å². The van der Waals surface area contributed by atoms with E-state index >= 15 is 0 Å². The number of methoxy groups -OCH3 is 1. The number of aromatic nitrogens is 3. The topological polar surface area (TPSA) is 84.8 Å². The first-order chi connectivity index (χ1) is 15.7. The molecule has 5 rings (SSSR count). The quantitative estimate of drug-likeness (QED) is 0.585. The van der Waals surface area contributed by atoms with E-state index in [1.165, 1.54) is 24.2 Å². The zero-order valence-corrected chi connectivity index (χ0v) is 19.1. The van der Waals surface area contributed by atoms with Crippen LogP contribution >= 0.6 is 11.3 Å². The molecule has 2 saturated heterocycles. The van der Waals surface area contributed by atoms with Gasteiger partial charge in [0.25, 0.3) is 5.91 Å². The number of fused-ring (bicyclic) bond motifs is 1. The van der Waals surface area contributed by atoms with Crippen molar-refractivity contribution in [2.24, 2.45) is 0 Å². The third-order valence-electron chi connectivity index (χ3n) is 6.02. The van der Waals surface area contributed by atoms with Gasteiger partial charge in [0.1, 0.15) is 11.3 Å². The summed E-state index contributed by atoms with van der Waals surface area (Å²) in [4.78, 5) is 22.2. The van der Waals surface area contributed by atoms with Crippen molar-refractivity contribution < 1.29 is 14.3 Å². The number of thiazole rings is 1. The van der Waals surface area contributed by atoms with E-state index in [4.69, 9.17) is 9.47 Å². The van der Waals surface area contributed by atoms with E-state index in [1.54, 1.807) is 19.5 Å². The summed E-state index contributed by atoms with van der Waals surface area (Å²) in [5, 5.41) is 7.85. The number of amides is 1. The van der Waals surface area contributed by atoms with Crippen LogP contribution in [-0.2, 0) is 11.3 Å². The van der Waals surface area contributed by atoms with E-state index in [0.717, 1.165) is 55.2 Å². The van der Waals surface area contributed by atoms with Gasteiger partial charge in [-0.25, -0.2) is 4.98 Å². The second-order valence-corrected chi connectivity index (χ2v) is 9.08. The van der Waals surface area contributed by atoms with Crippen LogP contribution in [-0.4, -0.2) is 78.6 Å². The molecule has 2 fully saturated rings. The fourth-order valence-corrected chi connectivity index (χ4v) is 5.28. The molecule has 170 valence electrons. The maximum absolute atomic E-state index is 12.8. The number of ether oxygens (including phenoxy) is 2. The normalized spacial score (nSPS) is 17.2. The lowest BCUT2D eigenvalue weighted by atomic mass is 10.2. The Morgan fingerprint density at radius 3 is 2.78 bits per heavy atom. The summed E-state index contributed by atoms with van der Waals surface area (Å²) in [7, 11) is 1.64. The molecule has 4 heterocycles. The molecule has 1 N–H and O–H groups in total. The summed E-state index contributed by atoms with van der Waals surface area (Å²) in [5.41, 5.74) is 2.39. The number of anilines is 2. The summed E-state index contributed by atoms with van der Waals surface area (Å²) in [5.74, 6) is 0.492. The minimum atomic E-state index is -0.205. The highest BCUT2D eigenvalue weighted by molar-refractivity contribution is 7.23. The number of carbonyl (C=O) groups excluding carboxylic acids is 1. The summed E-state index contributed by atoms with van der Waals surface area (Å²) in [6.45, 7) is 7.13. The first kappa shape index (κ1) is 21.2. The molecule has 2 aliphatic heterocycles. The Kier molecular flexibility index (Phi) is 6.24. The van der Waals surface area contributed by atoms with Crippen LogP contribution in [0.25, 0.3) is 10.2 Å². The molecule has 0 spiro atoms. The van der Waals surface area contributed by atoms with Crippen molar-refractivity contribution in [3.8, 4) is 5.75 Å². The van der Waals surface area contributed by atoms with Crippen molar-refractivity contribution in [2.45, 2.75) is 19.4 Å². The van der Waals surface area contributed by atoms with Gasteiger partial charge in [0, 0.05) is 25.8 Å². The summed E-state index contributed by atoms with van der Waals surface area (Å²) >= 11 is 1.46. The maximum Gasteiger partial charge on any atom is 0.260 e. The Hall–Kier alpha value is -2.69. The third-order valence-corrected chi connectivity index (χ3v) is 7.01. The van der Waals surface area contributed by atoms with E-state index < -0.39 is 0 Å². The van der Waals surface area contributed by atoms with Crippen molar-refractivity contribution in [1.82, 2.24) is 19.7 Å². The van der Waals surface area contributed by atoms with Gasteiger partial charge in [-0.1, -0.05) is 11.3 Å². The molecule has 1 aromatic carbocycles. The lowest BCUT2D eigenvalue weighted by Gasteiger charge is -2.29. The van der Waals surface area contributed by atoms with Crippen LogP contribution in [0.2, 0.25) is 0 Å². The molecule has 1 amide bonds. The monoisotopic (exact) mass is 456 g/mol. The highest BCUT2D eigenvalue weighted by atomic mass is 32.1.